The summed E-state index contributed by atoms with van der Waals surface area (Å²) in [6.07, 6.45) is 1.06. The van der Waals surface area contributed by atoms with E-state index in [4.69, 9.17) is 5.11 Å². The van der Waals surface area contributed by atoms with Crippen LogP contribution in [0.4, 0.5) is 4.39 Å². The molecule has 0 radical (unpaired) electrons. The molecule has 0 aliphatic heterocycles. The van der Waals surface area contributed by atoms with Crippen molar-refractivity contribution >= 4 is 5.97 Å². The zero-order valence-corrected chi connectivity index (χ0v) is 8.21. The number of hydrogen-bond acceptors (Lipinski definition) is 3. The van der Waals surface area contributed by atoms with E-state index in [1.807, 2.05) is 0 Å². The minimum Gasteiger partial charge on any atom is -0.476 e. The quantitative estimate of drug-likeness (QED) is 0.744. The third kappa shape index (κ3) is 1.86. The first-order valence-electron chi connectivity index (χ1n) is 4.08. The van der Waals surface area contributed by atoms with E-state index in [1.54, 1.807) is 20.8 Å². The van der Waals surface area contributed by atoms with E-state index in [-0.39, 0.29) is 5.69 Å². The molecule has 14 heavy (non-hydrogen) atoms. The molecule has 0 atom stereocenters. The second kappa shape index (κ2) is 3.32. The van der Waals surface area contributed by atoms with Gasteiger partial charge in [0.15, 0.2) is 11.5 Å². The van der Waals surface area contributed by atoms with Gasteiger partial charge in [-0.3, -0.25) is 0 Å². The Labute approximate surface area is 80.8 Å². The highest BCUT2D eigenvalue weighted by molar-refractivity contribution is 5.85. The Balaban J connectivity index is 3.35. The molecule has 0 fully saturated rings. The molecule has 0 aliphatic rings. The van der Waals surface area contributed by atoms with Gasteiger partial charge in [-0.2, -0.15) is 0 Å². The summed E-state index contributed by atoms with van der Waals surface area (Å²) in [6.45, 7) is 5.26. The van der Waals surface area contributed by atoms with Gasteiger partial charge in [-0.05, 0) is 0 Å². The van der Waals surface area contributed by atoms with Gasteiger partial charge in [-0.25, -0.2) is 19.2 Å². The summed E-state index contributed by atoms with van der Waals surface area (Å²) in [5.41, 5.74) is -0.994. The van der Waals surface area contributed by atoms with Crippen molar-refractivity contribution in [3.05, 3.63) is 23.5 Å². The van der Waals surface area contributed by atoms with Crippen molar-refractivity contribution in [2.24, 2.45) is 0 Å². The fourth-order valence-corrected chi connectivity index (χ4v) is 1.04. The lowest BCUT2D eigenvalue weighted by atomic mass is 9.91. The SMILES string of the molecule is CC(C)(C)c1ncnc(C(=O)O)c1F. The van der Waals surface area contributed by atoms with Crippen molar-refractivity contribution in [2.75, 3.05) is 0 Å². The lowest BCUT2D eigenvalue weighted by molar-refractivity contribution is 0.0684. The van der Waals surface area contributed by atoms with Crippen LogP contribution in [0.25, 0.3) is 0 Å². The molecule has 1 rings (SSSR count). The lowest BCUT2D eigenvalue weighted by Crippen LogP contribution is -2.19. The van der Waals surface area contributed by atoms with Gasteiger partial charge in [0.1, 0.15) is 6.33 Å². The van der Waals surface area contributed by atoms with E-state index in [0.29, 0.717) is 0 Å². The van der Waals surface area contributed by atoms with Crippen molar-refractivity contribution < 1.29 is 14.3 Å². The fourth-order valence-electron chi connectivity index (χ4n) is 1.04. The minimum absolute atomic E-state index is 0.116. The molecule has 1 aromatic rings. The third-order valence-corrected chi connectivity index (χ3v) is 1.70. The highest BCUT2D eigenvalue weighted by atomic mass is 19.1. The van der Waals surface area contributed by atoms with Crippen LogP contribution in [0.5, 0.6) is 0 Å². The molecule has 0 unspecified atom stereocenters. The largest absolute Gasteiger partial charge is 0.476 e. The van der Waals surface area contributed by atoms with E-state index in [0.717, 1.165) is 6.33 Å². The molecule has 1 N–H and O–H groups in total. The molecule has 0 saturated carbocycles. The zero-order valence-electron chi connectivity index (χ0n) is 8.21. The van der Waals surface area contributed by atoms with E-state index in [1.165, 1.54) is 0 Å². The van der Waals surface area contributed by atoms with Crippen LogP contribution < -0.4 is 0 Å². The molecule has 1 aromatic heterocycles. The Hall–Kier alpha value is -1.52. The van der Waals surface area contributed by atoms with Crippen LogP contribution >= 0.6 is 0 Å². The molecule has 76 valence electrons. The second-order valence-electron chi connectivity index (χ2n) is 3.94. The summed E-state index contributed by atoms with van der Waals surface area (Å²) in [7, 11) is 0. The second-order valence-corrected chi connectivity index (χ2v) is 3.94. The Morgan fingerprint density at radius 3 is 2.43 bits per heavy atom. The van der Waals surface area contributed by atoms with Gasteiger partial charge in [0.2, 0.25) is 0 Å². The molecule has 1 heterocycles. The fraction of sp³-hybridized carbons (Fsp3) is 0.444. The normalized spacial score (nSPS) is 11.4. The van der Waals surface area contributed by atoms with Gasteiger partial charge in [0.05, 0.1) is 5.69 Å². The van der Waals surface area contributed by atoms with Crippen molar-refractivity contribution in [3.8, 4) is 0 Å². The molecular weight excluding hydrogens is 187 g/mol. The van der Waals surface area contributed by atoms with Crippen LogP contribution in [0.1, 0.15) is 37.0 Å². The van der Waals surface area contributed by atoms with Crippen molar-refractivity contribution in [1.82, 2.24) is 9.97 Å². The Morgan fingerprint density at radius 1 is 1.43 bits per heavy atom. The molecule has 0 bridgehead atoms. The summed E-state index contributed by atoms with van der Waals surface area (Å²) < 4.78 is 13.5. The number of carboxylic acids is 1. The maximum atomic E-state index is 13.5. The molecule has 4 nitrogen and oxygen atoms in total. The number of hydrogen-bond donors (Lipinski definition) is 1. The van der Waals surface area contributed by atoms with Crippen molar-refractivity contribution in [3.63, 3.8) is 0 Å². The van der Waals surface area contributed by atoms with Crippen LogP contribution in [0, 0.1) is 5.82 Å². The molecule has 0 amide bonds. The van der Waals surface area contributed by atoms with Crippen molar-refractivity contribution in [1.29, 1.82) is 0 Å². The van der Waals surface area contributed by atoms with Gasteiger partial charge in [-0.1, -0.05) is 20.8 Å². The number of aromatic carboxylic acids is 1. The minimum atomic E-state index is -1.38. The predicted octanol–water partition coefficient (Wildman–Crippen LogP) is 1.61. The van der Waals surface area contributed by atoms with E-state index >= 15 is 0 Å². The predicted molar refractivity (Wildman–Crippen MR) is 47.6 cm³/mol. The first-order chi connectivity index (χ1) is 6.34. The molecule has 0 aromatic carbocycles. The summed E-state index contributed by atoms with van der Waals surface area (Å²) >= 11 is 0. The number of carboxylic acid groups (broad SMARTS) is 1. The standard InChI is InChI=1S/C9H11FN2O2/c1-9(2,3)7-5(10)6(8(13)14)11-4-12-7/h4H,1-3H3,(H,13,14). The summed E-state index contributed by atoms with van der Waals surface area (Å²) in [4.78, 5) is 17.7. The molecular formula is C9H11FN2O2. The topological polar surface area (TPSA) is 63.1 Å². The average Bonchev–Trinajstić information content (AvgIpc) is 2.01. The average molecular weight is 198 g/mol. The van der Waals surface area contributed by atoms with Crippen LogP contribution in [0.15, 0.2) is 6.33 Å². The number of nitrogens with zero attached hydrogens (tertiary/aromatic N) is 2. The summed E-state index contributed by atoms with van der Waals surface area (Å²) in [6, 6.07) is 0. The van der Waals surface area contributed by atoms with Gasteiger partial charge in [0, 0.05) is 5.41 Å². The third-order valence-electron chi connectivity index (χ3n) is 1.70. The first-order valence-corrected chi connectivity index (χ1v) is 4.08. The maximum absolute atomic E-state index is 13.5. The molecule has 0 saturated heterocycles. The van der Waals surface area contributed by atoms with Gasteiger partial charge in [0.25, 0.3) is 0 Å². The highest BCUT2D eigenvalue weighted by Gasteiger charge is 2.25. The first kappa shape index (κ1) is 10.6. The lowest BCUT2D eigenvalue weighted by Gasteiger charge is -2.18. The van der Waals surface area contributed by atoms with E-state index in [2.05, 4.69) is 9.97 Å². The molecule has 5 heteroatoms. The van der Waals surface area contributed by atoms with Gasteiger partial charge < -0.3 is 5.11 Å². The van der Waals surface area contributed by atoms with Crippen LogP contribution in [-0.2, 0) is 5.41 Å². The van der Waals surface area contributed by atoms with E-state index in [9.17, 15) is 9.18 Å². The Morgan fingerprint density at radius 2 is 2.00 bits per heavy atom. The van der Waals surface area contributed by atoms with Crippen LogP contribution in [-0.4, -0.2) is 21.0 Å². The van der Waals surface area contributed by atoms with Crippen molar-refractivity contribution in [2.45, 2.75) is 26.2 Å². The number of aromatic nitrogens is 2. The Kier molecular flexibility index (Phi) is 2.51. The van der Waals surface area contributed by atoms with Gasteiger partial charge in [-0.15, -0.1) is 0 Å². The van der Waals surface area contributed by atoms with Gasteiger partial charge >= 0.3 is 5.97 Å². The highest BCUT2D eigenvalue weighted by Crippen LogP contribution is 2.23. The monoisotopic (exact) mass is 198 g/mol. The molecule has 0 spiro atoms. The number of rotatable bonds is 1. The smallest absolute Gasteiger partial charge is 0.357 e. The summed E-state index contributed by atoms with van der Waals surface area (Å²) in [5.74, 6) is -2.23. The number of carbonyl (C=O) groups is 1. The van der Waals surface area contributed by atoms with Crippen LogP contribution in [0.2, 0.25) is 0 Å². The van der Waals surface area contributed by atoms with E-state index < -0.39 is 22.9 Å². The zero-order chi connectivity index (χ0) is 10.9. The summed E-state index contributed by atoms with van der Waals surface area (Å²) in [5, 5.41) is 8.63. The number of halogens is 1. The molecule has 0 aliphatic carbocycles. The van der Waals surface area contributed by atoms with Crippen LogP contribution in [0.3, 0.4) is 0 Å². The Bertz CT molecular complexity index is 372. The maximum Gasteiger partial charge on any atom is 0.357 e.